The Morgan fingerprint density at radius 2 is 2.11 bits per heavy atom. The molecular weight excluding hydrogens is 343 g/mol. The molecule has 140 valence electrons. The average molecular weight is 366 g/mol. The van der Waals surface area contributed by atoms with Crippen LogP contribution in [-0.4, -0.2) is 32.1 Å². The second-order valence-corrected chi connectivity index (χ2v) is 7.12. The highest BCUT2D eigenvalue weighted by atomic mass is 19.1. The maximum Gasteiger partial charge on any atom is 0.244 e. The Labute approximate surface area is 158 Å². The SMILES string of the molecule is O=C(/C=C/c1ccc2c(c1)CCO2)NCC1CCN(c2ccc(F)cc2)C1. The van der Waals surface area contributed by atoms with Crippen molar-refractivity contribution >= 4 is 17.7 Å². The van der Waals surface area contributed by atoms with E-state index in [0.29, 0.717) is 12.5 Å². The van der Waals surface area contributed by atoms with E-state index in [-0.39, 0.29) is 11.7 Å². The zero-order valence-corrected chi connectivity index (χ0v) is 15.2. The lowest BCUT2D eigenvalue weighted by molar-refractivity contribution is -0.116. The van der Waals surface area contributed by atoms with Crippen LogP contribution in [0.1, 0.15) is 17.5 Å². The molecule has 0 spiro atoms. The Hall–Kier alpha value is -2.82. The standard InChI is InChI=1S/C22H23FN2O2/c23-19-3-5-20(6-4-19)25-11-9-17(15-25)14-24-22(26)8-2-16-1-7-21-18(13-16)10-12-27-21/h1-8,13,17H,9-12,14-15H2,(H,24,26)/b8-2+. The number of amides is 1. The number of nitrogens with one attached hydrogen (secondary N) is 1. The van der Waals surface area contributed by atoms with Crippen molar-refractivity contribution < 1.29 is 13.9 Å². The summed E-state index contributed by atoms with van der Waals surface area (Å²) in [4.78, 5) is 14.4. The van der Waals surface area contributed by atoms with E-state index in [2.05, 4.69) is 16.3 Å². The van der Waals surface area contributed by atoms with Crippen LogP contribution in [0.15, 0.2) is 48.5 Å². The lowest BCUT2D eigenvalue weighted by atomic mass is 10.1. The molecule has 1 fully saturated rings. The van der Waals surface area contributed by atoms with Gasteiger partial charge in [-0.05, 0) is 65.9 Å². The predicted octanol–water partition coefficient (Wildman–Crippen LogP) is 3.42. The van der Waals surface area contributed by atoms with Gasteiger partial charge in [0.05, 0.1) is 6.61 Å². The summed E-state index contributed by atoms with van der Waals surface area (Å²) in [6.45, 7) is 3.19. The van der Waals surface area contributed by atoms with E-state index in [0.717, 1.165) is 49.5 Å². The first-order valence-electron chi connectivity index (χ1n) is 9.39. The van der Waals surface area contributed by atoms with E-state index in [1.165, 1.54) is 17.7 Å². The number of nitrogens with zero attached hydrogens (tertiary/aromatic N) is 1. The first-order valence-corrected chi connectivity index (χ1v) is 9.39. The minimum absolute atomic E-state index is 0.0769. The Kier molecular flexibility index (Phi) is 5.10. The van der Waals surface area contributed by atoms with Crippen LogP contribution < -0.4 is 15.0 Å². The number of anilines is 1. The quantitative estimate of drug-likeness (QED) is 0.825. The fourth-order valence-corrected chi connectivity index (χ4v) is 3.67. The number of carbonyl (C=O) groups excluding carboxylic acids is 1. The molecule has 2 heterocycles. The lowest BCUT2D eigenvalue weighted by Gasteiger charge is -2.18. The largest absolute Gasteiger partial charge is 0.493 e. The second kappa shape index (κ2) is 7.82. The molecule has 4 nitrogen and oxygen atoms in total. The van der Waals surface area contributed by atoms with E-state index in [1.807, 2.05) is 18.2 Å². The van der Waals surface area contributed by atoms with Crippen molar-refractivity contribution in [2.75, 3.05) is 31.1 Å². The van der Waals surface area contributed by atoms with Crippen LogP contribution in [0.5, 0.6) is 5.75 Å². The maximum atomic E-state index is 13.0. The van der Waals surface area contributed by atoms with Gasteiger partial charge < -0.3 is 15.0 Å². The lowest BCUT2D eigenvalue weighted by Crippen LogP contribution is -2.29. The summed E-state index contributed by atoms with van der Waals surface area (Å²) < 4.78 is 18.5. The highest BCUT2D eigenvalue weighted by Gasteiger charge is 2.22. The van der Waals surface area contributed by atoms with Crippen LogP contribution in [0.25, 0.3) is 6.08 Å². The van der Waals surface area contributed by atoms with Gasteiger partial charge in [-0.3, -0.25) is 4.79 Å². The first kappa shape index (κ1) is 17.6. The number of halogens is 1. The summed E-state index contributed by atoms with van der Waals surface area (Å²) in [5.74, 6) is 1.06. The molecule has 2 aliphatic rings. The van der Waals surface area contributed by atoms with E-state index >= 15 is 0 Å². The molecule has 4 rings (SSSR count). The van der Waals surface area contributed by atoms with Gasteiger partial charge in [0, 0.05) is 37.8 Å². The van der Waals surface area contributed by atoms with Gasteiger partial charge in [-0.2, -0.15) is 0 Å². The normalized spacial score (nSPS) is 18.6. The molecule has 2 aliphatic heterocycles. The summed E-state index contributed by atoms with van der Waals surface area (Å²) in [5, 5.41) is 2.99. The molecule has 0 aliphatic carbocycles. The summed E-state index contributed by atoms with van der Waals surface area (Å²) in [6, 6.07) is 12.6. The predicted molar refractivity (Wildman–Crippen MR) is 104 cm³/mol. The van der Waals surface area contributed by atoms with Gasteiger partial charge in [-0.25, -0.2) is 4.39 Å². The smallest absolute Gasteiger partial charge is 0.244 e. The van der Waals surface area contributed by atoms with Crippen molar-refractivity contribution in [2.24, 2.45) is 5.92 Å². The number of fused-ring (bicyclic) bond motifs is 1. The van der Waals surface area contributed by atoms with Crippen molar-refractivity contribution in [1.29, 1.82) is 0 Å². The maximum absolute atomic E-state index is 13.0. The molecule has 1 unspecified atom stereocenters. The Balaban J connectivity index is 1.25. The summed E-state index contributed by atoms with van der Waals surface area (Å²) in [7, 11) is 0. The van der Waals surface area contributed by atoms with Gasteiger partial charge in [0.2, 0.25) is 5.91 Å². The van der Waals surface area contributed by atoms with Gasteiger partial charge in [-0.15, -0.1) is 0 Å². The molecule has 0 bridgehead atoms. The molecule has 0 saturated carbocycles. The molecule has 1 saturated heterocycles. The summed E-state index contributed by atoms with van der Waals surface area (Å²) >= 11 is 0. The molecule has 2 aromatic carbocycles. The Morgan fingerprint density at radius 1 is 1.26 bits per heavy atom. The van der Waals surface area contributed by atoms with E-state index < -0.39 is 0 Å². The van der Waals surface area contributed by atoms with E-state index in [4.69, 9.17) is 4.74 Å². The third-order valence-electron chi connectivity index (χ3n) is 5.18. The highest BCUT2D eigenvalue weighted by molar-refractivity contribution is 5.91. The molecule has 27 heavy (non-hydrogen) atoms. The fraction of sp³-hybridized carbons (Fsp3) is 0.318. The summed E-state index contributed by atoms with van der Waals surface area (Å²) in [5.41, 5.74) is 3.24. The van der Waals surface area contributed by atoms with Crippen molar-refractivity contribution in [2.45, 2.75) is 12.8 Å². The average Bonchev–Trinajstić information content (AvgIpc) is 3.34. The van der Waals surface area contributed by atoms with Gasteiger partial charge >= 0.3 is 0 Å². The summed E-state index contributed by atoms with van der Waals surface area (Å²) in [6.07, 6.45) is 5.37. The van der Waals surface area contributed by atoms with Gasteiger partial charge in [-0.1, -0.05) is 6.07 Å². The molecule has 0 aromatic heterocycles. The van der Waals surface area contributed by atoms with Crippen LogP contribution in [0.3, 0.4) is 0 Å². The van der Waals surface area contributed by atoms with Crippen molar-refractivity contribution in [3.05, 3.63) is 65.5 Å². The Bertz CT molecular complexity index is 848. The topological polar surface area (TPSA) is 41.6 Å². The molecular formula is C22H23FN2O2. The van der Waals surface area contributed by atoms with Gasteiger partial charge in [0.1, 0.15) is 11.6 Å². The number of hydrogen-bond donors (Lipinski definition) is 1. The number of benzene rings is 2. The molecule has 5 heteroatoms. The van der Waals surface area contributed by atoms with E-state index in [1.54, 1.807) is 18.2 Å². The molecule has 1 N–H and O–H groups in total. The third kappa shape index (κ3) is 4.30. The minimum atomic E-state index is -0.218. The zero-order chi connectivity index (χ0) is 18.6. The van der Waals surface area contributed by atoms with Gasteiger partial charge in [0.25, 0.3) is 0 Å². The molecule has 0 radical (unpaired) electrons. The van der Waals surface area contributed by atoms with Crippen LogP contribution in [0, 0.1) is 11.7 Å². The number of hydrogen-bond acceptors (Lipinski definition) is 3. The first-order chi connectivity index (χ1) is 13.2. The van der Waals surface area contributed by atoms with Crippen LogP contribution in [0.4, 0.5) is 10.1 Å². The number of rotatable bonds is 5. The van der Waals surface area contributed by atoms with Gasteiger partial charge in [0.15, 0.2) is 0 Å². The van der Waals surface area contributed by atoms with Crippen LogP contribution >= 0.6 is 0 Å². The Morgan fingerprint density at radius 3 is 2.96 bits per heavy atom. The number of ether oxygens (including phenoxy) is 1. The monoisotopic (exact) mass is 366 g/mol. The third-order valence-corrected chi connectivity index (χ3v) is 5.18. The molecule has 1 atom stereocenters. The minimum Gasteiger partial charge on any atom is -0.493 e. The number of carbonyl (C=O) groups is 1. The highest BCUT2D eigenvalue weighted by Crippen LogP contribution is 2.26. The second-order valence-electron chi connectivity index (χ2n) is 7.12. The van der Waals surface area contributed by atoms with Crippen LogP contribution in [-0.2, 0) is 11.2 Å². The molecule has 1 amide bonds. The fourth-order valence-electron chi connectivity index (χ4n) is 3.67. The van der Waals surface area contributed by atoms with Crippen molar-refractivity contribution in [1.82, 2.24) is 5.32 Å². The van der Waals surface area contributed by atoms with Crippen LogP contribution in [0.2, 0.25) is 0 Å². The van der Waals surface area contributed by atoms with Crippen molar-refractivity contribution in [3.8, 4) is 5.75 Å². The zero-order valence-electron chi connectivity index (χ0n) is 15.2. The van der Waals surface area contributed by atoms with E-state index in [9.17, 15) is 9.18 Å². The molecule has 2 aromatic rings. The van der Waals surface area contributed by atoms with Crippen molar-refractivity contribution in [3.63, 3.8) is 0 Å².